The van der Waals surface area contributed by atoms with Crippen LogP contribution in [-0.4, -0.2) is 24.1 Å². The Bertz CT molecular complexity index is 661. The zero-order valence-corrected chi connectivity index (χ0v) is 12.0. The van der Waals surface area contributed by atoms with Crippen LogP contribution in [0.3, 0.4) is 0 Å². The third-order valence-electron chi connectivity index (χ3n) is 2.83. The van der Waals surface area contributed by atoms with Crippen molar-refractivity contribution in [3.63, 3.8) is 0 Å². The van der Waals surface area contributed by atoms with Gasteiger partial charge in [0.25, 0.3) is 5.91 Å². The number of anilines is 1. The van der Waals surface area contributed by atoms with E-state index < -0.39 is 0 Å². The highest BCUT2D eigenvalue weighted by Crippen LogP contribution is 2.31. The lowest BCUT2D eigenvalue weighted by Crippen LogP contribution is -2.17. The van der Waals surface area contributed by atoms with Crippen LogP contribution < -0.4 is 14.8 Å². The number of amides is 1. The first-order chi connectivity index (χ1) is 9.74. The first kappa shape index (κ1) is 12.9. The van der Waals surface area contributed by atoms with Gasteiger partial charge in [-0.1, -0.05) is 0 Å². The molecule has 1 aliphatic heterocycles. The molecule has 5 nitrogen and oxygen atoms in total. The second kappa shape index (κ2) is 5.50. The molecule has 20 heavy (non-hydrogen) atoms. The smallest absolute Gasteiger partial charge is 0.255 e. The van der Waals surface area contributed by atoms with Gasteiger partial charge < -0.3 is 14.8 Å². The topological polar surface area (TPSA) is 60.5 Å². The number of carbonyl (C=O) groups is 1. The summed E-state index contributed by atoms with van der Waals surface area (Å²) in [6.07, 6.45) is 3.24. The number of hydrogen-bond acceptors (Lipinski definition) is 4. The molecule has 0 fully saturated rings. The molecule has 1 N–H and O–H groups in total. The third kappa shape index (κ3) is 2.60. The predicted octanol–water partition coefficient (Wildman–Crippen LogP) is 2.87. The number of halogens is 1. The fraction of sp³-hybridized carbons (Fsp3) is 0.143. The number of rotatable bonds is 2. The van der Waals surface area contributed by atoms with E-state index in [1.165, 1.54) is 0 Å². The monoisotopic (exact) mass is 334 g/mol. The summed E-state index contributed by atoms with van der Waals surface area (Å²) >= 11 is 3.34. The summed E-state index contributed by atoms with van der Waals surface area (Å²) in [7, 11) is 0. The van der Waals surface area contributed by atoms with Gasteiger partial charge in [-0.05, 0) is 40.2 Å². The van der Waals surface area contributed by atoms with E-state index in [0.717, 1.165) is 4.47 Å². The molecule has 1 aliphatic rings. The molecule has 0 bridgehead atoms. The highest BCUT2D eigenvalue weighted by Gasteiger charge is 2.15. The van der Waals surface area contributed by atoms with Gasteiger partial charge in [-0.3, -0.25) is 9.78 Å². The van der Waals surface area contributed by atoms with Crippen LogP contribution in [0.4, 0.5) is 5.69 Å². The normalized spacial score (nSPS) is 12.8. The highest BCUT2D eigenvalue weighted by atomic mass is 79.9. The number of nitrogens with zero attached hydrogens (tertiary/aromatic N) is 1. The van der Waals surface area contributed by atoms with Gasteiger partial charge in [-0.25, -0.2) is 0 Å². The average molecular weight is 335 g/mol. The van der Waals surface area contributed by atoms with Crippen LogP contribution in [0.2, 0.25) is 0 Å². The molecule has 0 atom stereocenters. The molecular weight excluding hydrogens is 324 g/mol. The van der Waals surface area contributed by atoms with E-state index in [1.54, 1.807) is 36.7 Å². The number of benzene rings is 1. The Kier molecular flexibility index (Phi) is 3.56. The summed E-state index contributed by atoms with van der Waals surface area (Å²) < 4.78 is 11.6. The van der Waals surface area contributed by atoms with E-state index in [9.17, 15) is 4.79 Å². The Labute approximate surface area is 124 Å². The van der Waals surface area contributed by atoms with Crippen molar-refractivity contribution < 1.29 is 14.3 Å². The van der Waals surface area contributed by atoms with Crippen LogP contribution in [0.5, 0.6) is 11.5 Å². The number of pyridine rings is 1. The van der Waals surface area contributed by atoms with Crippen molar-refractivity contribution in [3.05, 3.63) is 46.7 Å². The SMILES string of the molecule is O=C(Nc1ccncc1Br)c1ccc2c(c1)OCCO2. The molecule has 0 spiro atoms. The van der Waals surface area contributed by atoms with Crippen LogP contribution in [0.1, 0.15) is 10.4 Å². The first-order valence-electron chi connectivity index (χ1n) is 6.04. The Morgan fingerprint density at radius 3 is 2.80 bits per heavy atom. The van der Waals surface area contributed by atoms with E-state index in [0.29, 0.717) is 36.0 Å². The maximum Gasteiger partial charge on any atom is 0.255 e. The van der Waals surface area contributed by atoms with Crippen LogP contribution in [0, 0.1) is 0 Å². The molecule has 1 aromatic heterocycles. The summed E-state index contributed by atoms with van der Waals surface area (Å²) in [6, 6.07) is 6.85. The van der Waals surface area contributed by atoms with E-state index >= 15 is 0 Å². The van der Waals surface area contributed by atoms with Crippen LogP contribution in [0.25, 0.3) is 0 Å². The molecule has 0 saturated heterocycles. The quantitative estimate of drug-likeness (QED) is 0.917. The van der Waals surface area contributed by atoms with E-state index in [4.69, 9.17) is 9.47 Å². The van der Waals surface area contributed by atoms with Crippen molar-refractivity contribution in [2.24, 2.45) is 0 Å². The Morgan fingerprint density at radius 1 is 1.20 bits per heavy atom. The third-order valence-corrected chi connectivity index (χ3v) is 3.46. The molecule has 1 aromatic carbocycles. The van der Waals surface area contributed by atoms with Crippen molar-refractivity contribution in [3.8, 4) is 11.5 Å². The summed E-state index contributed by atoms with van der Waals surface area (Å²) in [5.74, 6) is 1.05. The molecule has 0 radical (unpaired) electrons. The van der Waals surface area contributed by atoms with Gasteiger partial charge in [0.15, 0.2) is 11.5 Å². The van der Waals surface area contributed by atoms with Gasteiger partial charge >= 0.3 is 0 Å². The second-order valence-corrected chi connectivity index (χ2v) is 5.02. The summed E-state index contributed by atoms with van der Waals surface area (Å²) in [5.41, 5.74) is 1.18. The molecule has 0 aliphatic carbocycles. The Balaban J connectivity index is 1.82. The van der Waals surface area contributed by atoms with E-state index in [1.807, 2.05) is 0 Å². The Morgan fingerprint density at radius 2 is 2.00 bits per heavy atom. The molecule has 6 heteroatoms. The zero-order chi connectivity index (χ0) is 13.9. The standard InChI is InChI=1S/C14H11BrN2O3/c15-10-8-16-4-3-11(10)17-14(18)9-1-2-12-13(7-9)20-6-5-19-12/h1-4,7-8H,5-6H2,(H,16,17,18). The fourth-order valence-corrected chi connectivity index (χ4v) is 2.21. The number of aromatic nitrogens is 1. The molecule has 0 saturated carbocycles. The van der Waals surface area contributed by atoms with Crippen molar-refractivity contribution >= 4 is 27.5 Å². The van der Waals surface area contributed by atoms with Crippen molar-refractivity contribution in [2.45, 2.75) is 0 Å². The van der Waals surface area contributed by atoms with Gasteiger partial charge in [-0.15, -0.1) is 0 Å². The lowest BCUT2D eigenvalue weighted by molar-refractivity contribution is 0.102. The first-order valence-corrected chi connectivity index (χ1v) is 6.84. The van der Waals surface area contributed by atoms with Gasteiger partial charge in [-0.2, -0.15) is 0 Å². The average Bonchev–Trinajstić information content (AvgIpc) is 2.49. The summed E-state index contributed by atoms with van der Waals surface area (Å²) in [5, 5.41) is 2.81. The highest BCUT2D eigenvalue weighted by molar-refractivity contribution is 9.10. The van der Waals surface area contributed by atoms with Crippen molar-refractivity contribution in [1.29, 1.82) is 0 Å². The fourth-order valence-electron chi connectivity index (χ4n) is 1.86. The van der Waals surface area contributed by atoms with Crippen LogP contribution >= 0.6 is 15.9 Å². The number of hydrogen-bond donors (Lipinski definition) is 1. The largest absolute Gasteiger partial charge is 0.486 e. The van der Waals surface area contributed by atoms with Gasteiger partial charge in [0.2, 0.25) is 0 Å². The predicted molar refractivity (Wildman–Crippen MR) is 77.3 cm³/mol. The minimum atomic E-state index is -0.214. The summed E-state index contributed by atoms with van der Waals surface area (Å²) in [6.45, 7) is 1.02. The number of fused-ring (bicyclic) bond motifs is 1. The minimum absolute atomic E-state index is 0.214. The van der Waals surface area contributed by atoms with Gasteiger partial charge in [0.1, 0.15) is 13.2 Å². The molecular formula is C14H11BrN2O3. The van der Waals surface area contributed by atoms with E-state index in [2.05, 4.69) is 26.2 Å². The molecule has 3 rings (SSSR count). The number of nitrogens with one attached hydrogen (secondary N) is 1. The minimum Gasteiger partial charge on any atom is -0.486 e. The van der Waals surface area contributed by atoms with Crippen molar-refractivity contribution in [1.82, 2.24) is 4.98 Å². The maximum atomic E-state index is 12.2. The lowest BCUT2D eigenvalue weighted by atomic mass is 10.1. The molecule has 102 valence electrons. The molecule has 1 amide bonds. The van der Waals surface area contributed by atoms with Gasteiger partial charge in [0.05, 0.1) is 10.2 Å². The maximum absolute atomic E-state index is 12.2. The molecule has 2 heterocycles. The number of carbonyl (C=O) groups excluding carboxylic acids is 1. The second-order valence-electron chi connectivity index (χ2n) is 4.17. The zero-order valence-electron chi connectivity index (χ0n) is 10.4. The van der Waals surface area contributed by atoms with Crippen LogP contribution in [0.15, 0.2) is 41.1 Å². The summed E-state index contributed by atoms with van der Waals surface area (Å²) in [4.78, 5) is 16.2. The lowest BCUT2D eigenvalue weighted by Gasteiger charge is -2.18. The molecule has 2 aromatic rings. The van der Waals surface area contributed by atoms with Crippen molar-refractivity contribution in [2.75, 3.05) is 18.5 Å². The number of ether oxygens (including phenoxy) is 2. The van der Waals surface area contributed by atoms with E-state index in [-0.39, 0.29) is 5.91 Å². The van der Waals surface area contributed by atoms with Crippen LogP contribution in [-0.2, 0) is 0 Å². The molecule has 0 unspecified atom stereocenters. The Hall–Kier alpha value is -2.08. The van der Waals surface area contributed by atoms with Gasteiger partial charge in [0, 0.05) is 18.0 Å².